The molecule has 1 aromatic heterocycles. The van der Waals surface area contributed by atoms with E-state index in [0.29, 0.717) is 30.3 Å². The Morgan fingerprint density at radius 1 is 1.44 bits per heavy atom. The van der Waals surface area contributed by atoms with Gasteiger partial charge in [-0.15, -0.1) is 11.8 Å². The van der Waals surface area contributed by atoms with Crippen LogP contribution in [0, 0.1) is 0 Å². The summed E-state index contributed by atoms with van der Waals surface area (Å²) < 4.78 is 39.5. The number of alkyl halides is 1. The molecule has 2 aliphatic heterocycles. The minimum Gasteiger partial charge on any atom is -0.493 e. The van der Waals surface area contributed by atoms with Crippen LogP contribution in [0.15, 0.2) is 30.2 Å². The summed E-state index contributed by atoms with van der Waals surface area (Å²) >= 11 is 1.67. The highest BCUT2D eigenvalue weighted by atomic mass is 32.2. The quantitative estimate of drug-likeness (QED) is 0.222. The molecule has 0 aromatic carbocycles. The number of imidazole rings is 1. The van der Waals surface area contributed by atoms with Crippen molar-refractivity contribution in [1.82, 2.24) is 14.5 Å². The van der Waals surface area contributed by atoms with Crippen molar-refractivity contribution in [2.24, 2.45) is 0 Å². The summed E-state index contributed by atoms with van der Waals surface area (Å²) in [4.78, 5) is 21.2. The van der Waals surface area contributed by atoms with Gasteiger partial charge in [-0.3, -0.25) is 4.79 Å². The highest BCUT2D eigenvalue weighted by Crippen LogP contribution is 2.42. The van der Waals surface area contributed by atoms with Gasteiger partial charge in [-0.1, -0.05) is 19.6 Å². The minimum atomic E-state index is -3.15. The Labute approximate surface area is 219 Å². The molecule has 0 bridgehead atoms. The average molecular weight is 540 g/mol. The SMILES string of the molecule is C=CC(OC)=C(CC1CCCn2c(C(=O)N(C)C(C)(C)C)nc(C(=CC)SCC)c21)OS1(=O)=CC1F. The van der Waals surface area contributed by atoms with E-state index in [1.807, 2.05) is 38.3 Å². The average Bonchev–Trinajstić information content (AvgIpc) is 3.24. The highest BCUT2D eigenvalue weighted by molar-refractivity contribution is 8.08. The molecule has 3 atom stereocenters. The van der Waals surface area contributed by atoms with Crippen molar-refractivity contribution >= 4 is 37.7 Å². The Kier molecular flexibility index (Phi) is 8.70. The number of allylic oxidation sites excluding steroid dienone is 3. The molecule has 2 aliphatic rings. The van der Waals surface area contributed by atoms with Gasteiger partial charge in [-0.05, 0) is 52.4 Å². The Morgan fingerprint density at radius 3 is 2.61 bits per heavy atom. The van der Waals surface area contributed by atoms with E-state index < -0.39 is 15.3 Å². The van der Waals surface area contributed by atoms with Gasteiger partial charge in [-0.25, -0.2) is 13.6 Å². The number of carbonyl (C=O) groups excluding carboxylic acids is 1. The lowest BCUT2D eigenvalue weighted by Crippen LogP contribution is -2.43. The standard InChI is InChI=1S/C26H38FN3O4S2/c1-9-18(33-8)19(34-36(32)16-21(36)27)15-17-13-12-14-30-23(17)22(20(10-2)35-11-3)28-24(30)25(31)29(7)26(4,5)6/h9-10,16-17,21H,1,11-15H2,2-8H3. The second-order valence-corrected chi connectivity index (χ2v) is 13.2. The number of nitrogens with zero attached hydrogens (tertiary/aromatic N) is 3. The fourth-order valence-corrected chi connectivity index (χ4v) is 6.12. The zero-order valence-electron chi connectivity index (χ0n) is 22.3. The van der Waals surface area contributed by atoms with Crippen LogP contribution in [-0.2, 0) is 25.3 Å². The molecule has 0 saturated heterocycles. The van der Waals surface area contributed by atoms with Crippen LogP contribution in [0.1, 0.15) is 81.8 Å². The van der Waals surface area contributed by atoms with Crippen LogP contribution in [0.25, 0.3) is 4.91 Å². The number of fused-ring (bicyclic) bond motifs is 1. The highest BCUT2D eigenvalue weighted by Gasteiger charge is 2.40. The molecule has 0 spiro atoms. The summed E-state index contributed by atoms with van der Waals surface area (Å²) in [6, 6.07) is 0. The molecule has 0 aliphatic carbocycles. The van der Waals surface area contributed by atoms with E-state index in [2.05, 4.69) is 13.5 Å². The van der Waals surface area contributed by atoms with Gasteiger partial charge < -0.3 is 18.4 Å². The third kappa shape index (κ3) is 5.69. The molecule has 10 heteroatoms. The topological polar surface area (TPSA) is 73.7 Å². The number of halogens is 1. The maximum Gasteiger partial charge on any atom is 0.290 e. The maximum atomic E-state index is 13.8. The van der Waals surface area contributed by atoms with E-state index in [-0.39, 0.29) is 17.4 Å². The molecule has 3 rings (SSSR count). The molecular weight excluding hydrogens is 501 g/mol. The first-order valence-electron chi connectivity index (χ1n) is 12.2. The van der Waals surface area contributed by atoms with Crippen molar-refractivity contribution in [3.63, 3.8) is 0 Å². The third-order valence-corrected chi connectivity index (χ3v) is 9.06. The molecule has 0 N–H and O–H groups in total. The summed E-state index contributed by atoms with van der Waals surface area (Å²) in [5.41, 5.74) is -0.235. The lowest BCUT2D eigenvalue weighted by atomic mass is 9.90. The predicted molar refractivity (Wildman–Crippen MR) is 147 cm³/mol. The van der Waals surface area contributed by atoms with Gasteiger partial charge in [0, 0.05) is 36.4 Å². The van der Waals surface area contributed by atoms with Crippen LogP contribution >= 0.6 is 11.8 Å². The molecule has 7 nitrogen and oxygen atoms in total. The van der Waals surface area contributed by atoms with Crippen LogP contribution in [0.3, 0.4) is 0 Å². The zero-order chi connectivity index (χ0) is 26.8. The number of rotatable bonds is 10. The van der Waals surface area contributed by atoms with Gasteiger partial charge in [0.2, 0.25) is 5.50 Å². The number of thioether (sulfide) groups is 1. The fourth-order valence-electron chi connectivity index (χ4n) is 4.24. The number of hydrogen-bond acceptors (Lipinski definition) is 6. The number of carbonyl (C=O) groups is 1. The second-order valence-electron chi connectivity index (χ2n) is 9.84. The third-order valence-electron chi connectivity index (χ3n) is 6.50. The normalized spacial score (nSPS) is 24.3. The van der Waals surface area contributed by atoms with Crippen molar-refractivity contribution < 1.29 is 22.3 Å². The number of hydrogen-bond donors (Lipinski definition) is 0. The van der Waals surface area contributed by atoms with E-state index in [0.717, 1.165) is 40.3 Å². The van der Waals surface area contributed by atoms with Crippen molar-refractivity contribution in [3.8, 4) is 0 Å². The Bertz CT molecular complexity index is 1200. The second kappa shape index (κ2) is 11.0. The Morgan fingerprint density at radius 2 is 2.11 bits per heavy atom. The number of ether oxygens (including phenoxy) is 1. The van der Waals surface area contributed by atoms with Crippen molar-refractivity contribution in [2.45, 2.75) is 77.4 Å². The van der Waals surface area contributed by atoms with Crippen LogP contribution in [-0.4, -0.2) is 60.9 Å². The van der Waals surface area contributed by atoms with Crippen molar-refractivity contribution in [1.29, 1.82) is 0 Å². The maximum absolute atomic E-state index is 13.8. The van der Waals surface area contributed by atoms with Crippen molar-refractivity contribution in [3.05, 3.63) is 47.5 Å². The lowest BCUT2D eigenvalue weighted by Gasteiger charge is -2.32. The van der Waals surface area contributed by atoms with E-state index in [1.54, 1.807) is 23.7 Å². The molecule has 3 heterocycles. The van der Waals surface area contributed by atoms with Crippen LogP contribution in [0.5, 0.6) is 0 Å². The minimum absolute atomic E-state index is 0.102. The van der Waals surface area contributed by atoms with Gasteiger partial charge in [0.1, 0.15) is 0 Å². The summed E-state index contributed by atoms with van der Waals surface area (Å²) in [5.74, 6) is 1.64. The van der Waals surface area contributed by atoms with Gasteiger partial charge in [0.15, 0.2) is 27.1 Å². The molecule has 200 valence electrons. The van der Waals surface area contributed by atoms with Crippen LogP contribution in [0.4, 0.5) is 4.39 Å². The number of aromatic nitrogens is 2. The molecule has 36 heavy (non-hydrogen) atoms. The molecule has 0 fully saturated rings. The smallest absolute Gasteiger partial charge is 0.290 e. The molecule has 0 saturated carbocycles. The Hall–Kier alpha value is -2.20. The first-order chi connectivity index (χ1) is 16.9. The summed E-state index contributed by atoms with van der Waals surface area (Å²) in [6.07, 6.45) is 5.45. The zero-order valence-corrected chi connectivity index (χ0v) is 23.9. The molecule has 0 radical (unpaired) electrons. The van der Waals surface area contributed by atoms with Crippen molar-refractivity contribution in [2.75, 3.05) is 19.9 Å². The van der Waals surface area contributed by atoms with E-state index in [9.17, 15) is 13.4 Å². The van der Waals surface area contributed by atoms with Gasteiger partial charge in [0.05, 0.1) is 23.9 Å². The first-order valence-corrected chi connectivity index (χ1v) is 14.8. The first kappa shape index (κ1) is 28.4. The lowest BCUT2D eigenvalue weighted by molar-refractivity contribution is 0.0636. The molecule has 3 unspecified atom stereocenters. The van der Waals surface area contributed by atoms with Crippen LogP contribution < -0.4 is 0 Å². The Balaban J connectivity index is 2.13. The van der Waals surface area contributed by atoms with Gasteiger partial charge >= 0.3 is 0 Å². The van der Waals surface area contributed by atoms with Crippen LogP contribution in [0.2, 0.25) is 0 Å². The summed E-state index contributed by atoms with van der Waals surface area (Å²) in [7, 11) is 0.120. The summed E-state index contributed by atoms with van der Waals surface area (Å²) in [6.45, 7) is 14.5. The van der Waals surface area contributed by atoms with E-state index in [1.165, 1.54) is 13.2 Å². The van der Waals surface area contributed by atoms with Gasteiger partial charge in [0.25, 0.3) is 5.91 Å². The van der Waals surface area contributed by atoms with Gasteiger partial charge in [-0.2, -0.15) is 0 Å². The fraction of sp³-hybridized carbons (Fsp3) is 0.577. The number of methoxy groups -OCH3 is 1. The largest absolute Gasteiger partial charge is 0.493 e. The molecule has 1 amide bonds. The van der Waals surface area contributed by atoms with E-state index >= 15 is 0 Å². The monoisotopic (exact) mass is 539 g/mol. The number of amides is 1. The summed E-state index contributed by atoms with van der Waals surface area (Å²) in [5, 5.41) is 1.06. The predicted octanol–water partition coefficient (Wildman–Crippen LogP) is 5.51. The molecule has 1 aromatic rings. The molecular formula is C26H38FN3O4S2. The van der Waals surface area contributed by atoms with E-state index in [4.69, 9.17) is 13.9 Å².